The van der Waals surface area contributed by atoms with Gasteiger partial charge in [-0.3, -0.25) is 0 Å². The lowest BCUT2D eigenvalue weighted by Gasteiger charge is -2.34. The van der Waals surface area contributed by atoms with E-state index in [-0.39, 0.29) is 0 Å². The van der Waals surface area contributed by atoms with Crippen LogP contribution >= 0.6 is 11.3 Å². The predicted octanol–water partition coefficient (Wildman–Crippen LogP) is 2.46. The molecule has 1 N–H and O–H groups in total. The van der Waals surface area contributed by atoms with Crippen molar-refractivity contribution in [3.8, 4) is 0 Å². The molecule has 0 amide bonds. The number of aryl methyl sites for hydroxylation is 1. The molecule has 1 saturated heterocycles. The number of aromatic nitrogens is 2. The predicted molar refractivity (Wildman–Crippen MR) is 98.6 cm³/mol. The van der Waals surface area contributed by atoms with Gasteiger partial charge in [0.1, 0.15) is 5.82 Å². The second kappa shape index (κ2) is 7.17. The minimum absolute atomic E-state index is 0.389. The Balaban J connectivity index is 1.46. The van der Waals surface area contributed by atoms with Crippen molar-refractivity contribution in [3.63, 3.8) is 0 Å². The van der Waals surface area contributed by atoms with Gasteiger partial charge in [-0.05, 0) is 32.4 Å². The SMILES string of the molecule is CN1CCN(c2ncccc2CNC2CCCc3scnc32)CC1. The fourth-order valence-electron chi connectivity index (χ4n) is 3.66. The van der Waals surface area contributed by atoms with Crippen LogP contribution in [0.1, 0.15) is 35.0 Å². The average molecular weight is 344 g/mol. The topological polar surface area (TPSA) is 44.3 Å². The molecule has 2 aliphatic rings. The van der Waals surface area contributed by atoms with Crippen LogP contribution in [0.3, 0.4) is 0 Å². The van der Waals surface area contributed by atoms with Gasteiger partial charge in [-0.1, -0.05) is 6.07 Å². The van der Waals surface area contributed by atoms with Crippen LogP contribution in [0.2, 0.25) is 0 Å². The molecular weight excluding hydrogens is 318 g/mol. The lowest BCUT2D eigenvalue weighted by atomic mass is 9.97. The van der Waals surface area contributed by atoms with Crippen LogP contribution in [0.4, 0.5) is 5.82 Å². The lowest BCUT2D eigenvalue weighted by Crippen LogP contribution is -2.45. The summed E-state index contributed by atoms with van der Waals surface area (Å²) in [7, 11) is 2.19. The average Bonchev–Trinajstić information content (AvgIpc) is 3.10. The molecule has 0 aromatic carbocycles. The number of nitrogens with zero attached hydrogens (tertiary/aromatic N) is 4. The maximum absolute atomic E-state index is 4.68. The molecule has 6 heteroatoms. The Hall–Kier alpha value is -1.50. The first kappa shape index (κ1) is 16.0. The van der Waals surface area contributed by atoms with Crippen LogP contribution in [0.25, 0.3) is 0 Å². The van der Waals surface area contributed by atoms with Crippen LogP contribution < -0.4 is 10.2 Å². The molecule has 5 nitrogen and oxygen atoms in total. The van der Waals surface area contributed by atoms with Crippen molar-refractivity contribution in [1.29, 1.82) is 0 Å². The Morgan fingerprint density at radius 1 is 1.25 bits per heavy atom. The van der Waals surface area contributed by atoms with Gasteiger partial charge in [-0.25, -0.2) is 9.97 Å². The van der Waals surface area contributed by atoms with Crippen molar-refractivity contribution in [3.05, 3.63) is 40.0 Å². The van der Waals surface area contributed by atoms with Crippen LogP contribution in [-0.2, 0) is 13.0 Å². The summed E-state index contributed by atoms with van der Waals surface area (Å²) in [6.45, 7) is 5.18. The molecule has 4 rings (SSSR count). The van der Waals surface area contributed by atoms with Crippen molar-refractivity contribution in [1.82, 2.24) is 20.2 Å². The number of pyridine rings is 1. The highest BCUT2D eigenvalue weighted by Gasteiger charge is 2.23. The first-order valence-corrected chi connectivity index (χ1v) is 9.72. The Kier molecular flexibility index (Phi) is 4.78. The third kappa shape index (κ3) is 3.31. The van der Waals surface area contributed by atoms with Crippen molar-refractivity contribution in [2.24, 2.45) is 0 Å². The molecule has 1 unspecified atom stereocenters. The van der Waals surface area contributed by atoms with Gasteiger partial charge in [0.05, 0.1) is 17.2 Å². The van der Waals surface area contributed by atoms with E-state index in [1.165, 1.54) is 35.4 Å². The van der Waals surface area contributed by atoms with Crippen LogP contribution in [0, 0.1) is 0 Å². The van der Waals surface area contributed by atoms with E-state index >= 15 is 0 Å². The number of thiazole rings is 1. The monoisotopic (exact) mass is 343 g/mol. The first-order chi connectivity index (χ1) is 11.8. The highest BCUT2D eigenvalue weighted by Crippen LogP contribution is 2.31. The number of hydrogen-bond acceptors (Lipinski definition) is 6. The van der Waals surface area contributed by atoms with Crippen LogP contribution in [0.5, 0.6) is 0 Å². The Labute approximate surface area is 147 Å². The van der Waals surface area contributed by atoms with E-state index in [1.807, 2.05) is 17.8 Å². The standard InChI is InChI=1S/C18H25N5S/c1-22-8-10-23(11-9-22)18-14(4-3-7-19-18)12-20-15-5-2-6-16-17(15)21-13-24-16/h3-4,7,13,15,20H,2,5-6,8-12H2,1H3. The molecule has 3 heterocycles. The number of piperazine rings is 1. The summed E-state index contributed by atoms with van der Waals surface area (Å²) < 4.78 is 0. The van der Waals surface area contributed by atoms with Gasteiger partial charge in [-0.15, -0.1) is 11.3 Å². The minimum atomic E-state index is 0.389. The van der Waals surface area contributed by atoms with E-state index in [1.54, 1.807) is 11.3 Å². The molecule has 0 saturated carbocycles. The van der Waals surface area contributed by atoms with Crippen LogP contribution in [0.15, 0.2) is 23.8 Å². The number of anilines is 1. The molecular formula is C18H25N5S. The van der Waals surface area contributed by atoms with Crippen molar-refractivity contribution < 1.29 is 0 Å². The quantitative estimate of drug-likeness (QED) is 0.924. The summed E-state index contributed by atoms with van der Waals surface area (Å²) in [6, 6.07) is 4.64. The summed E-state index contributed by atoms with van der Waals surface area (Å²) in [5.74, 6) is 1.15. The van der Waals surface area contributed by atoms with Crippen molar-refractivity contribution >= 4 is 17.2 Å². The second-order valence-corrected chi connectivity index (χ2v) is 7.70. The molecule has 0 radical (unpaired) electrons. The summed E-state index contributed by atoms with van der Waals surface area (Å²) in [6.07, 6.45) is 5.54. The summed E-state index contributed by atoms with van der Waals surface area (Å²) >= 11 is 1.80. The Bertz CT molecular complexity index is 678. The van der Waals surface area contributed by atoms with Gasteiger partial charge in [0, 0.05) is 49.4 Å². The van der Waals surface area contributed by atoms with Gasteiger partial charge in [0.15, 0.2) is 0 Å². The molecule has 1 atom stereocenters. The molecule has 1 aliphatic heterocycles. The molecule has 0 bridgehead atoms. The zero-order valence-electron chi connectivity index (χ0n) is 14.2. The summed E-state index contributed by atoms with van der Waals surface area (Å²) in [5, 5.41) is 3.74. The zero-order chi connectivity index (χ0) is 16.4. The fraction of sp³-hybridized carbons (Fsp3) is 0.556. The zero-order valence-corrected chi connectivity index (χ0v) is 15.1. The summed E-state index contributed by atoms with van der Waals surface area (Å²) in [5.41, 5.74) is 4.56. The van der Waals surface area contributed by atoms with Gasteiger partial charge in [-0.2, -0.15) is 0 Å². The Morgan fingerprint density at radius 3 is 3.00 bits per heavy atom. The maximum atomic E-state index is 4.68. The van der Waals surface area contributed by atoms with Crippen LogP contribution in [-0.4, -0.2) is 48.1 Å². The van der Waals surface area contributed by atoms with E-state index in [0.717, 1.165) is 38.5 Å². The highest BCUT2D eigenvalue weighted by molar-refractivity contribution is 7.09. The van der Waals surface area contributed by atoms with E-state index in [4.69, 9.17) is 0 Å². The molecule has 1 aliphatic carbocycles. The largest absolute Gasteiger partial charge is 0.354 e. The number of fused-ring (bicyclic) bond motifs is 1. The van der Waals surface area contributed by atoms with Gasteiger partial charge in [0.25, 0.3) is 0 Å². The summed E-state index contributed by atoms with van der Waals surface area (Å²) in [4.78, 5) is 15.5. The third-order valence-corrected chi connectivity index (χ3v) is 6.02. The Morgan fingerprint density at radius 2 is 2.12 bits per heavy atom. The third-order valence-electron chi connectivity index (χ3n) is 5.11. The normalized spacial score (nSPS) is 21.7. The fourth-order valence-corrected chi connectivity index (χ4v) is 4.53. The molecule has 2 aromatic heterocycles. The maximum Gasteiger partial charge on any atom is 0.133 e. The lowest BCUT2D eigenvalue weighted by molar-refractivity contribution is 0.311. The van der Waals surface area contributed by atoms with E-state index in [9.17, 15) is 0 Å². The van der Waals surface area contributed by atoms with E-state index in [0.29, 0.717) is 6.04 Å². The highest BCUT2D eigenvalue weighted by atomic mass is 32.1. The minimum Gasteiger partial charge on any atom is -0.354 e. The van der Waals surface area contributed by atoms with Gasteiger partial charge >= 0.3 is 0 Å². The number of rotatable bonds is 4. The second-order valence-electron chi connectivity index (χ2n) is 6.76. The van der Waals surface area contributed by atoms with Gasteiger partial charge < -0.3 is 15.1 Å². The molecule has 1 fully saturated rings. The first-order valence-electron chi connectivity index (χ1n) is 8.84. The van der Waals surface area contributed by atoms with Crippen molar-refractivity contribution in [2.75, 3.05) is 38.1 Å². The molecule has 24 heavy (non-hydrogen) atoms. The number of hydrogen-bond donors (Lipinski definition) is 1. The van der Waals surface area contributed by atoms with Gasteiger partial charge in [0.2, 0.25) is 0 Å². The number of nitrogens with one attached hydrogen (secondary N) is 1. The molecule has 128 valence electrons. The van der Waals surface area contributed by atoms with Crippen molar-refractivity contribution in [2.45, 2.75) is 31.8 Å². The number of likely N-dealkylation sites (N-methyl/N-ethyl adjacent to an activating group) is 1. The smallest absolute Gasteiger partial charge is 0.133 e. The molecule has 2 aromatic rings. The van der Waals surface area contributed by atoms with E-state index in [2.05, 4.69) is 38.2 Å². The van der Waals surface area contributed by atoms with E-state index < -0.39 is 0 Å². The molecule has 0 spiro atoms.